The Kier molecular flexibility index (Phi) is 4.74. The quantitative estimate of drug-likeness (QED) is 0.853. The van der Waals surface area contributed by atoms with E-state index in [0.717, 1.165) is 36.1 Å². The first-order chi connectivity index (χ1) is 11.7. The highest BCUT2D eigenvalue weighted by molar-refractivity contribution is 5.96. The average Bonchev–Trinajstić information content (AvgIpc) is 3.10. The normalized spacial score (nSPS) is 17.0. The van der Waals surface area contributed by atoms with Crippen LogP contribution in [0.2, 0.25) is 0 Å². The van der Waals surface area contributed by atoms with Gasteiger partial charge in [0.2, 0.25) is 0 Å². The van der Waals surface area contributed by atoms with Gasteiger partial charge in [-0.2, -0.15) is 0 Å². The van der Waals surface area contributed by atoms with Crippen LogP contribution in [-0.4, -0.2) is 31.6 Å². The van der Waals surface area contributed by atoms with Gasteiger partial charge in [0.25, 0.3) is 5.91 Å². The Hall–Kier alpha value is -2.49. The fraction of sp³-hybridized carbons (Fsp3) is 0.350. The number of carbonyl (C=O) groups excluding carboxylic acids is 1. The molecule has 1 atom stereocenters. The molecule has 126 valence electrons. The summed E-state index contributed by atoms with van der Waals surface area (Å²) in [4.78, 5) is 15.0. The molecule has 0 aromatic heterocycles. The maximum Gasteiger partial charge on any atom is 0.254 e. The van der Waals surface area contributed by atoms with Crippen molar-refractivity contribution >= 4 is 5.91 Å². The van der Waals surface area contributed by atoms with Gasteiger partial charge < -0.3 is 14.4 Å². The van der Waals surface area contributed by atoms with Crippen molar-refractivity contribution in [1.29, 1.82) is 0 Å². The summed E-state index contributed by atoms with van der Waals surface area (Å²) in [6.07, 6.45) is 1.98. The highest BCUT2D eigenvalue weighted by atomic mass is 16.5. The average molecular weight is 325 g/mol. The van der Waals surface area contributed by atoms with E-state index >= 15 is 0 Å². The number of likely N-dealkylation sites (tertiary alicyclic amines) is 1. The Morgan fingerprint density at radius 1 is 1.08 bits per heavy atom. The Labute approximate surface area is 143 Å². The molecule has 1 aliphatic heterocycles. The summed E-state index contributed by atoms with van der Waals surface area (Å²) in [5, 5.41) is 0. The molecule has 2 aromatic carbocycles. The first-order valence-corrected chi connectivity index (χ1v) is 8.24. The number of hydrogen-bond acceptors (Lipinski definition) is 3. The fourth-order valence-electron chi connectivity index (χ4n) is 3.38. The van der Waals surface area contributed by atoms with Crippen LogP contribution in [0.25, 0.3) is 0 Å². The van der Waals surface area contributed by atoms with Gasteiger partial charge in [-0.05, 0) is 49.1 Å². The molecule has 1 aliphatic rings. The zero-order valence-electron chi connectivity index (χ0n) is 14.4. The first-order valence-electron chi connectivity index (χ1n) is 8.24. The molecule has 4 heteroatoms. The largest absolute Gasteiger partial charge is 0.493 e. The third kappa shape index (κ3) is 2.96. The van der Waals surface area contributed by atoms with E-state index in [9.17, 15) is 4.79 Å². The number of carbonyl (C=O) groups is 1. The van der Waals surface area contributed by atoms with Gasteiger partial charge in [-0.25, -0.2) is 0 Å². The molecule has 1 amide bonds. The number of methoxy groups -OCH3 is 2. The predicted octanol–water partition coefficient (Wildman–Crippen LogP) is 3.99. The minimum absolute atomic E-state index is 0.0805. The molecule has 1 heterocycles. The van der Waals surface area contributed by atoms with E-state index < -0.39 is 0 Å². The standard InChI is InChI=1S/C20H23NO3/c1-14-7-4-5-8-16(14)20(22)21-12-6-9-17(21)15-10-11-18(23-2)19(13-15)24-3/h4-5,7-8,10-11,13,17H,6,9,12H2,1-3H3. The minimum atomic E-state index is 0.0805. The minimum Gasteiger partial charge on any atom is -0.493 e. The lowest BCUT2D eigenvalue weighted by molar-refractivity contribution is 0.0734. The van der Waals surface area contributed by atoms with Crippen LogP contribution < -0.4 is 9.47 Å². The number of amides is 1. The van der Waals surface area contributed by atoms with E-state index in [1.165, 1.54) is 0 Å². The molecular formula is C20H23NO3. The monoisotopic (exact) mass is 325 g/mol. The lowest BCUT2D eigenvalue weighted by Crippen LogP contribution is -2.31. The van der Waals surface area contributed by atoms with Crippen molar-refractivity contribution in [1.82, 2.24) is 4.90 Å². The lowest BCUT2D eigenvalue weighted by atomic mass is 10.0. The van der Waals surface area contributed by atoms with E-state index in [1.807, 2.05) is 54.3 Å². The summed E-state index contributed by atoms with van der Waals surface area (Å²) in [5.74, 6) is 1.51. The van der Waals surface area contributed by atoms with Crippen LogP contribution in [0.4, 0.5) is 0 Å². The van der Waals surface area contributed by atoms with Crippen LogP contribution >= 0.6 is 0 Å². The second-order valence-corrected chi connectivity index (χ2v) is 6.09. The van der Waals surface area contributed by atoms with Crippen molar-refractivity contribution in [2.45, 2.75) is 25.8 Å². The van der Waals surface area contributed by atoms with E-state index in [2.05, 4.69) is 0 Å². The van der Waals surface area contributed by atoms with E-state index in [0.29, 0.717) is 11.5 Å². The van der Waals surface area contributed by atoms with Crippen LogP contribution in [-0.2, 0) is 0 Å². The highest BCUT2D eigenvalue weighted by Crippen LogP contribution is 2.37. The molecule has 0 aliphatic carbocycles. The number of nitrogens with zero attached hydrogens (tertiary/aromatic N) is 1. The number of ether oxygens (including phenoxy) is 2. The summed E-state index contributed by atoms with van der Waals surface area (Å²) in [5.41, 5.74) is 2.89. The molecule has 1 unspecified atom stereocenters. The van der Waals surface area contributed by atoms with Crippen molar-refractivity contribution in [3.05, 3.63) is 59.2 Å². The van der Waals surface area contributed by atoms with Crippen molar-refractivity contribution in [2.24, 2.45) is 0 Å². The zero-order valence-corrected chi connectivity index (χ0v) is 14.4. The van der Waals surface area contributed by atoms with E-state index in [4.69, 9.17) is 9.47 Å². The third-order valence-electron chi connectivity index (χ3n) is 4.68. The Morgan fingerprint density at radius 3 is 2.54 bits per heavy atom. The lowest BCUT2D eigenvalue weighted by Gasteiger charge is -2.26. The Bertz CT molecular complexity index is 741. The second-order valence-electron chi connectivity index (χ2n) is 6.09. The maximum atomic E-state index is 13.0. The molecule has 0 spiro atoms. The van der Waals surface area contributed by atoms with Crippen molar-refractivity contribution in [3.8, 4) is 11.5 Å². The van der Waals surface area contributed by atoms with Gasteiger partial charge in [0.15, 0.2) is 11.5 Å². The molecule has 1 fully saturated rings. The summed E-state index contributed by atoms with van der Waals surface area (Å²) in [7, 11) is 3.26. The van der Waals surface area contributed by atoms with Crippen LogP contribution in [0.15, 0.2) is 42.5 Å². The molecule has 4 nitrogen and oxygen atoms in total. The Morgan fingerprint density at radius 2 is 1.83 bits per heavy atom. The van der Waals surface area contributed by atoms with Crippen molar-refractivity contribution in [2.75, 3.05) is 20.8 Å². The van der Waals surface area contributed by atoms with Gasteiger partial charge in [0.05, 0.1) is 20.3 Å². The van der Waals surface area contributed by atoms with Gasteiger partial charge in [-0.1, -0.05) is 24.3 Å². The van der Waals surface area contributed by atoms with Gasteiger partial charge in [0, 0.05) is 12.1 Å². The van der Waals surface area contributed by atoms with Crippen molar-refractivity contribution in [3.63, 3.8) is 0 Å². The first kappa shape index (κ1) is 16.4. The number of benzene rings is 2. The number of rotatable bonds is 4. The zero-order chi connectivity index (χ0) is 17.1. The summed E-state index contributed by atoms with van der Waals surface area (Å²) >= 11 is 0. The van der Waals surface area contributed by atoms with Crippen LogP contribution in [0, 0.1) is 6.92 Å². The predicted molar refractivity (Wildman–Crippen MR) is 93.7 cm³/mol. The van der Waals surface area contributed by atoms with Crippen LogP contribution in [0.3, 0.4) is 0 Å². The number of aryl methyl sites for hydroxylation is 1. The van der Waals surface area contributed by atoms with Crippen LogP contribution in [0.1, 0.15) is 40.4 Å². The van der Waals surface area contributed by atoms with Gasteiger partial charge >= 0.3 is 0 Å². The molecule has 3 rings (SSSR count). The van der Waals surface area contributed by atoms with Gasteiger partial charge in [-0.3, -0.25) is 4.79 Å². The van der Waals surface area contributed by atoms with Gasteiger partial charge in [0.1, 0.15) is 0 Å². The van der Waals surface area contributed by atoms with E-state index in [-0.39, 0.29) is 11.9 Å². The summed E-state index contributed by atoms with van der Waals surface area (Å²) in [6.45, 7) is 2.76. The Balaban J connectivity index is 1.91. The molecule has 0 bridgehead atoms. The topological polar surface area (TPSA) is 38.8 Å². The highest BCUT2D eigenvalue weighted by Gasteiger charge is 2.31. The SMILES string of the molecule is COc1ccc(C2CCCN2C(=O)c2ccccc2C)cc1OC. The molecule has 24 heavy (non-hydrogen) atoms. The maximum absolute atomic E-state index is 13.0. The molecule has 0 radical (unpaired) electrons. The molecule has 0 saturated carbocycles. The fourth-order valence-corrected chi connectivity index (χ4v) is 3.38. The molecule has 0 N–H and O–H groups in total. The smallest absolute Gasteiger partial charge is 0.254 e. The molecule has 1 saturated heterocycles. The number of hydrogen-bond donors (Lipinski definition) is 0. The van der Waals surface area contributed by atoms with Crippen LogP contribution in [0.5, 0.6) is 11.5 Å². The third-order valence-corrected chi connectivity index (χ3v) is 4.68. The van der Waals surface area contributed by atoms with Gasteiger partial charge in [-0.15, -0.1) is 0 Å². The molecular weight excluding hydrogens is 302 g/mol. The second kappa shape index (κ2) is 6.95. The molecule has 2 aromatic rings. The van der Waals surface area contributed by atoms with Crippen molar-refractivity contribution < 1.29 is 14.3 Å². The summed E-state index contributed by atoms with van der Waals surface area (Å²) < 4.78 is 10.7. The summed E-state index contributed by atoms with van der Waals surface area (Å²) in [6, 6.07) is 13.8. The van der Waals surface area contributed by atoms with E-state index in [1.54, 1.807) is 14.2 Å².